The van der Waals surface area contributed by atoms with Crippen LogP contribution in [0.15, 0.2) is 52.9 Å². The zero-order valence-corrected chi connectivity index (χ0v) is 24.0. The lowest BCUT2D eigenvalue weighted by Crippen LogP contribution is -2.42. The zero-order chi connectivity index (χ0) is 28.6. The number of nitrogens with one attached hydrogen (secondary N) is 1. The van der Waals surface area contributed by atoms with Gasteiger partial charge in [0.2, 0.25) is 11.8 Å². The molecule has 1 aliphatic heterocycles. The number of aromatic nitrogens is 1. The predicted molar refractivity (Wildman–Crippen MR) is 155 cm³/mol. The van der Waals surface area contributed by atoms with Crippen LogP contribution in [0.3, 0.4) is 0 Å². The van der Waals surface area contributed by atoms with Crippen molar-refractivity contribution in [2.45, 2.75) is 50.0 Å². The first-order valence-electron chi connectivity index (χ1n) is 14.2. The fraction of sp³-hybridized carbons (Fsp3) is 0.452. The van der Waals surface area contributed by atoms with Gasteiger partial charge in [-0.1, -0.05) is 37.1 Å². The SMILES string of the molecule is COc1ccccc1-c1nc(-c2ccc(N3CCS(=O)(=O)CC3)cc2)c([C@@H]2CCCC[C@H]2C(=O)NC2(C#N)CC2)o1. The lowest BCUT2D eigenvalue weighted by Gasteiger charge is -2.30. The molecule has 3 fully saturated rings. The van der Waals surface area contributed by atoms with E-state index in [4.69, 9.17) is 14.1 Å². The van der Waals surface area contributed by atoms with Gasteiger partial charge in [0.05, 0.1) is 30.2 Å². The normalized spacial score (nSPS) is 22.9. The van der Waals surface area contributed by atoms with Crippen LogP contribution in [0.25, 0.3) is 22.7 Å². The lowest BCUT2D eigenvalue weighted by molar-refractivity contribution is -0.127. The monoisotopic (exact) mass is 574 g/mol. The smallest absolute Gasteiger partial charge is 0.230 e. The summed E-state index contributed by atoms with van der Waals surface area (Å²) in [6.07, 6.45) is 4.79. The van der Waals surface area contributed by atoms with Gasteiger partial charge in [0, 0.05) is 36.2 Å². The number of hydrogen-bond acceptors (Lipinski definition) is 8. The van der Waals surface area contributed by atoms with Crippen molar-refractivity contribution in [3.05, 3.63) is 54.3 Å². The third-order valence-corrected chi connectivity index (χ3v) is 10.2. The van der Waals surface area contributed by atoms with Crippen molar-refractivity contribution in [1.82, 2.24) is 10.3 Å². The molecular formula is C31H34N4O5S. The second kappa shape index (κ2) is 10.9. The van der Waals surface area contributed by atoms with Crippen molar-refractivity contribution in [1.29, 1.82) is 5.26 Å². The molecule has 1 N–H and O–H groups in total. The fourth-order valence-electron chi connectivity index (χ4n) is 6.00. The van der Waals surface area contributed by atoms with Gasteiger partial charge < -0.3 is 19.4 Å². The molecule has 0 bridgehead atoms. The van der Waals surface area contributed by atoms with Crippen molar-refractivity contribution in [3.8, 4) is 34.5 Å². The Balaban J connectivity index is 1.37. The van der Waals surface area contributed by atoms with Crippen molar-refractivity contribution in [2.75, 3.05) is 36.6 Å². The number of sulfone groups is 1. The molecule has 1 amide bonds. The molecule has 0 spiro atoms. The number of rotatable bonds is 7. The van der Waals surface area contributed by atoms with Crippen LogP contribution >= 0.6 is 0 Å². The summed E-state index contributed by atoms with van der Waals surface area (Å²) in [5.41, 5.74) is 2.50. The van der Waals surface area contributed by atoms with E-state index in [-0.39, 0.29) is 29.2 Å². The van der Waals surface area contributed by atoms with Gasteiger partial charge in [0.25, 0.3) is 0 Å². The van der Waals surface area contributed by atoms with Crippen LogP contribution in [0.5, 0.6) is 5.75 Å². The third kappa shape index (κ3) is 5.55. The fourth-order valence-corrected chi connectivity index (χ4v) is 7.21. The lowest BCUT2D eigenvalue weighted by atomic mass is 9.76. The summed E-state index contributed by atoms with van der Waals surface area (Å²) in [6, 6.07) is 17.8. The van der Waals surface area contributed by atoms with E-state index in [0.29, 0.717) is 49.0 Å². The molecule has 3 aliphatic rings. The number of amides is 1. The average molecular weight is 575 g/mol. The Morgan fingerprint density at radius 2 is 1.80 bits per heavy atom. The van der Waals surface area contributed by atoms with E-state index in [0.717, 1.165) is 42.5 Å². The second-order valence-electron chi connectivity index (χ2n) is 11.3. The largest absolute Gasteiger partial charge is 0.496 e. The summed E-state index contributed by atoms with van der Waals surface area (Å²) in [5, 5.41) is 12.6. The first-order valence-corrected chi connectivity index (χ1v) is 16.1. The highest BCUT2D eigenvalue weighted by molar-refractivity contribution is 7.91. The molecular weight excluding hydrogens is 540 g/mol. The Kier molecular flexibility index (Phi) is 7.24. The molecule has 9 nitrogen and oxygen atoms in total. The molecule has 2 aliphatic carbocycles. The molecule has 2 saturated carbocycles. The maximum absolute atomic E-state index is 13.5. The summed E-state index contributed by atoms with van der Waals surface area (Å²) < 4.78 is 35.9. The predicted octanol–water partition coefficient (Wildman–Crippen LogP) is 4.70. The number of hydrogen-bond donors (Lipinski definition) is 1. The van der Waals surface area contributed by atoms with Gasteiger partial charge >= 0.3 is 0 Å². The van der Waals surface area contributed by atoms with E-state index in [1.165, 1.54) is 0 Å². The number of carbonyl (C=O) groups excluding carboxylic acids is 1. The van der Waals surface area contributed by atoms with Crippen LogP contribution in [0.1, 0.15) is 50.2 Å². The number of oxazole rings is 1. The minimum Gasteiger partial charge on any atom is -0.496 e. The van der Waals surface area contributed by atoms with Crippen LogP contribution in [-0.4, -0.2) is 56.6 Å². The minimum absolute atomic E-state index is 0.0923. The average Bonchev–Trinajstić information content (AvgIpc) is 3.63. The Morgan fingerprint density at radius 1 is 1.10 bits per heavy atom. The molecule has 41 heavy (non-hydrogen) atoms. The number of nitrogens with zero attached hydrogens (tertiary/aromatic N) is 3. The first kappa shape index (κ1) is 27.3. The standard InChI is InChI=1S/C31H34N4O5S/c1-39-26-9-5-4-8-25(26)30-33-27(21-10-12-22(13-11-21)35-16-18-41(37,38)19-17-35)28(40-30)23-6-2-3-7-24(23)29(36)34-31(20-32)14-15-31/h4-5,8-13,23-24H,2-3,6-7,14-19H2,1H3,(H,34,36)/t23-,24-/m1/s1. The number of carbonyl (C=O) groups is 1. The molecule has 1 aromatic heterocycles. The molecule has 10 heteroatoms. The molecule has 214 valence electrons. The number of nitriles is 1. The highest BCUT2D eigenvalue weighted by Gasteiger charge is 2.47. The van der Waals surface area contributed by atoms with Crippen LogP contribution in [0, 0.1) is 17.2 Å². The molecule has 0 radical (unpaired) electrons. The Bertz CT molecular complexity index is 1570. The molecule has 6 rings (SSSR count). The van der Waals surface area contributed by atoms with E-state index in [2.05, 4.69) is 16.3 Å². The van der Waals surface area contributed by atoms with E-state index < -0.39 is 15.4 Å². The maximum atomic E-state index is 13.5. The van der Waals surface area contributed by atoms with Crippen molar-refractivity contribution < 1.29 is 22.4 Å². The summed E-state index contributed by atoms with van der Waals surface area (Å²) in [7, 11) is -1.36. The van der Waals surface area contributed by atoms with Crippen molar-refractivity contribution in [2.24, 2.45) is 5.92 Å². The van der Waals surface area contributed by atoms with Gasteiger partial charge in [0.1, 0.15) is 22.7 Å². The molecule has 0 unspecified atom stereocenters. The third-order valence-electron chi connectivity index (χ3n) is 8.61. The Morgan fingerprint density at radius 3 is 2.49 bits per heavy atom. The number of methoxy groups -OCH3 is 1. The Labute approximate surface area is 240 Å². The molecule has 2 aromatic carbocycles. The highest BCUT2D eigenvalue weighted by atomic mass is 32.2. The topological polar surface area (TPSA) is 126 Å². The number of para-hydroxylation sites is 1. The Hall–Kier alpha value is -3.84. The van der Waals surface area contributed by atoms with E-state index in [9.17, 15) is 18.5 Å². The number of benzene rings is 2. The van der Waals surface area contributed by atoms with Crippen LogP contribution in [-0.2, 0) is 14.6 Å². The zero-order valence-electron chi connectivity index (χ0n) is 23.1. The van der Waals surface area contributed by atoms with Gasteiger partial charge in [0.15, 0.2) is 9.84 Å². The van der Waals surface area contributed by atoms with Gasteiger partial charge in [-0.2, -0.15) is 5.26 Å². The summed E-state index contributed by atoms with van der Waals surface area (Å²) >= 11 is 0. The summed E-state index contributed by atoms with van der Waals surface area (Å²) in [4.78, 5) is 20.5. The van der Waals surface area contributed by atoms with Crippen molar-refractivity contribution in [3.63, 3.8) is 0 Å². The maximum Gasteiger partial charge on any atom is 0.230 e. The molecule has 3 aromatic rings. The second-order valence-corrected chi connectivity index (χ2v) is 13.6. The van der Waals surface area contributed by atoms with Gasteiger partial charge in [-0.05, 0) is 49.9 Å². The van der Waals surface area contributed by atoms with Crippen LogP contribution in [0.2, 0.25) is 0 Å². The first-order chi connectivity index (χ1) is 19.8. The molecule has 2 atom stereocenters. The number of anilines is 1. The summed E-state index contributed by atoms with van der Waals surface area (Å²) in [5.74, 6) is 1.46. The highest BCUT2D eigenvalue weighted by Crippen LogP contribution is 2.45. The minimum atomic E-state index is -2.97. The van der Waals surface area contributed by atoms with E-state index in [1.807, 2.05) is 48.5 Å². The van der Waals surface area contributed by atoms with Crippen LogP contribution in [0.4, 0.5) is 5.69 Å². The van der Waals surface area contributed by atoms with Gasteiger partial charge in [-0.3, -0.25) is 4.79 Å². The van der Waals surface area contributed by atoms with Crippen LogP contribution < -0.4 is 15.0 Å². The van der Waals surface area contributed by atoms with Gasteiger partial charge in [-0.25, -0.2) is 13.4 Å². The summed E-state index contributed by atoms with van der Waals surface area (Å²) in [6.45, 7) is 0.940. The number of ether oxygens (including phenoxy) is 1. The molecule has 1 saturated heterocycles. The molecule has 2 heterocycles. The van der Waals surface area contributed by atoms with Gasteiger partial charge in [-0.15, -0.1) is 0 Å². The van der Waals surface area contributed by atoms with E-state index in [1.54, 1.807) is 7.11 Å². The quantitative estimate of drug-likeness (QED) is 0.431. The van der Waals surface area contributed by atoms with E-state index >= 15 is 0 Å². The van der Waals surface area contributed by atoms with Crippen molar-refractivity contribution >= 4 is 21.4 Å².